The average Bonchev–Trinajstić information content (AvgIpc) is 3.21. The van der Waals surface area contributed by atoms with Gasteiger partial charge in [0.05, 0.1) is 11.8 Å². The Morgan fingerprint density at radius 1 is 0.923 bits per heavy atom. The second-order valence-corrected chi connectivity index (χ2v) is 6.91. The highest BCUT2D eigenvalue weighted by atomic mass is 16.3. The maximum atomic E-state index is 12.9. The maximum Gasteiger partial charge on any atom is 0.289 e. The zero-order valence-electron chi connectivity index (χ0n) is 14.6. The van der Waals surface area contributed by atoms with E-state index in [0.717, 1.165) is 31.2 Å². The van der Waals surface area contributed by atoms with E-state index in [0.29, 0.717) is 37.5 Å². The summed E-state index contributed by atoms with van der Waals surface area (Å²) in [5, 5.41) is 10.3. The predicted octanol–water partition coefficient (Wildman–Crippen LogP) is 2.46. The van der Waals surface area contributed by atoms with Crippen molar-refractivity contribution in [3.05, 3.63) is 53.0 Å². The van der Waals surface area contributed by atoms with Gasteiger partial charge in [0.25, 0.3) is 11.8 Å². The molecule has 1 aromatic heterocycles. The van der Waals surface area contributed by atoms with Crippen LogP contribution in [-0.2, 0) is 12.8 Å². The first-order chi connectivity index (χ1) is 12.6. The molecule has 1 fully saturated rings. The van der Waals surface area contributed by atoms with E-state index < -0.39 is 0 Å². The van der Waals surface area contributed by atoms with E-state index in [1.807, 2.05) is 6.07 Å². The topological polar surface area (TPSA) is 74.0 Å². The number of piperazine rings is 1. The van der Waals surface area contributed by atoms with Crippen LogP contribution in [0.1, 0.15) is 44.9 Å². The zero-order valence-corrected chi connectivity index (χ0v) is 14.6. The van der Waals surface area contributed by atoms with Gasteiger partial charge in [-0.1, -0.05) is 0 Å². The van der Waals surface area contributed by atoms with Gasteiger partial charge in [-0.2, -0.15) is 0 Å². The van der Waals surface area contributed by atoms with Crippen LogP contribution in [0.3, 0.4) is 0 Å². The van der Waals surface area contributed by atoms with Crippen LogP contribution >= 0.6 is 0 Å². The lowest BCUT2D eigenvalue weighted by Crippen LogP contribution is -2.50. The van der Waals surface area contributed by atoms with E-state index in [2.05, 4.69) is 0 Å². The number of phenolic OH excluding ortho intramolecular Hbond substituents is 1. The van der Waals surface area contributed by atoms with Gasteiger partial charge in [0, 0.05) is 26.2 Å². The first-order valence-corrected chi connectivity index (χ1v) is 9.10. The molecular formula is C20H22N2O4. The van der Waals surface area contributed by atoms with Crippen LogP contribution in [0.25, 0.3) is 0 Å². The minimum atomic E-state index is -0.166. The molecule has 2 aromatic rings. The van der Waals surface area contributed by atoms with Crippen LogP contribution < -0.4 is 0 Å². The predicted molar refractivity (Wildman–Crippen MR) is 95.3 cm³/mol. The summed E-state index contributed by atoms with van der Waals surface area (Å²) in [6, 6.07) is 6.93. The number of benzene rings is 1. The summed E-state index contributed by atoms with van der Waals surface area (Å²) >= 11 is 0. The molecule has 1 aliphatic carbocycles. The van der Waals surface area contributed by atoms with Crippen LogP contribution in [0.4, 0.5) is 0 Å². The van der Waals surface area contributed by atoms with E-state index in [-0.39, 0.29) is 17.6 Å². The lowest BCUT2D eigenvalue weighted by Gasteiger charge is -2.34. The standard InChI is InChI=1S/C20H22N2O4/c23-17-13-15-5-2-1-4-14(15)12-16(17)19(24)21-7-9-22(10-8-21)20(25)18-6-3-11-26-18/h3,6,11-13,23H,1-2,4-5,7-10H2. The highest BCUT2D eigenvalue weighted by molar-refractivity contribution is 5.97. The first kappa shape index (κ1) is 16.7. The van der Waals surface area contributed by atoms with Gasteiger partial charge in [-0.15, -0.1) is 0 Å². The van der Waals surface area contributed by atoms with Crippen molar-refractivity contribution in [3.63, 3.8) is 0 Å². The molecule has 1 N–H and O–H groups in total. The van der Waals surface area contributed by atoms with E-state index in [4.69, 9.17) is 4.42 Å². The Morgan fingerprint density at radius 2 is 1.54 bits per heavy atom. The Bertz CT molecular complexity index is 821. The number of carbonyl (C=O) groups excluding carboxylic acids is 2. The summed E-state index contributed by atoms with van der Waals surface area (Å²) in [6.45, 7) is 1.80. The molecule has 136 valence electrons. The van der Waals surface area contributed by atoms with Crippen molar-refractivity contribution in [2.24, 2.45) is 0 Å². The highest BCUT2D eigenvalue weighted by Gasteiger charge is 2.28. The third kappa shape index (κ3) is 3.07. The molecule has 0 unspecified atom stereocenters. The number of rotatable bonds is 2. The molecule has 6 heteroatoms. The van der Waals surface area contributed by atoms with Crippen molar-refractivity contribution in [3.8, 4) is 5.75 Å². The summed E-state index contributed by atoms with van der Waals surface area (Å²) in [5.41, 5.74) is 2.69. The molecule has 0 saturated carbocycles. The lowest BCUT2D eigenvalue weighted by molar-refractivity contribution is 0.0516. The smallest absolute Gasteiger partial charge is 0.289 e. The number of hydrogen-bond acceptors (Lipinski definition) is 4. The van der Waals surface area contributed by atoms with E-state index >= 15 is 0 Å². The molecule has 0 radical (unpaired) electrons. The fourth-order valence-corrected chi connectivity index (χ4v) is 3.78. The molecule has 1 aromatic carbocycles. The molecular weight excluding hydrogens is 332 g/mol. The fourth-order valence-electron chi connectivity index (χ4n) is 3.78. The number of carbonyl (C=O) groups is 2. The fraction of sp³-hybridized carbons (Fsp3) is 0.400. The summed E-state index contributed by atoms with van der Waals surface area (Å²) in [5.74, 6) is 0.0570. The number of aromatic hydroxyl groups is 1. The molecule has 26 heavy (non-hydrogen) atoms. The molecule has 0 atom stereocenters. The van der Waals surface area contributed by atoms with Crippen LogP contribution in [0.5, 0.6) is 5.75 Å². The van der Waals surface area contributed by atoms with Gasteiger partial charge in [0.2, 0.25) is 0 Å². The third-order valence-electron chi connectivity index (χ3n) is 5.28. The first-order valence-electron chi connectivity index (χ1n) is 9.10. The second kappa shape index (κ2) is 6.86. The second-order valence-electron chi connectivity index (χ2n) is 6.91. The van der Waals surface area contributed by atoms with Crippen molar-refractivity contribution in [1.82, 2.24) is 9.80 Å². The van der Waals surface area contributed by atoms with Crippen molar-refractivity contribution in [2.75, 3.05) is 26.2 Å². The average molecular weight is 354 g/mol. The van der Waals surface area contributed by atoms with Gasteiger partial charge < -0.3 is 19.3 Å². The number of hydrogen-bond donors (Lipinski definition) is 1. The molecule has 0 bridgehead atoms. The summed E-state index contributed by atoms with van der Waals surface area (Å²) in [6.07, 6.45) is 5.66. The maximum absolute atomic E-state index is 12.9. The quantitative estimate of drug-likeness (QED) is 0.899. The Labute approximate surface area is 152 Å². The summed E-state index contributed by atoms with van der Waals surface area (Å²) in [7, 11) is 0. The number of fused-ring (bicyclic) bond motifs is 1. The van der Waals surface area contributed by atoms with Gasteiger partial charge in [0.1, 0.15) is 5.75 Å². The Hall–Kier alpha value is -2.76. The van der Waals surface area contributed by atoms with E-state index in [9.17, 15) is 14.7 Å². The van der Waals surface area contributed by atoms with Gasteiger partial charge in [-0.05, 0) is 61.1 Å². The molecule has 4 rings (SSSR count). The molecule has 0 spiro atoms. The minimum absolute atomic E-state index is 0.0599. The van der Waals surface area contributed by atoms with Gasteiger partial charge >= 0.3 is 0 Å². The number of nitrogens with zero attached hydrogens (tertiary/aromatic N) is 2. The minimum Gasteiger partial charge on any atom is -0.507 e. The van der Waals surface area contributed by atoms with Gasteiger partial charge in [-0.25, -0.2) is 0 Å². The zero-order chi connectivity index (χ0) is 18.1. The summed E-state index contributed by atoms with van der Waals surface area (Å²) in [4.78, 5) is 28.6. The monoisotopic (exact) mass is 354 g/mol. The normalized spacial score (nSPS) is 17.1. The molecule has 1 saturated heterocycles. The summed E-state index contributed by atoms with van der Waals surface area (Å²) < 4.78 is 5.16. The number of amides is 2. The number of furan rings is 1. The highest BCUT2D eigenvalue weighted by Crippen LogP contribution is 2.29. The molecule has 2 aliphatic rings. The van der Waals surface area contributed by atoms with Gasteiger partial charge in [-0.3, -0.25) is 9.59 Å². The lowest BCUT2D eigenvalue weighted by atomic mass is 9.89. The Kier molecular flexibility index (Phi) is 4.41. The molecule has 2 heterocycles. The third-order valence-corrected chi connectivity index (χ3v) is 5.28. The van der Waals surface area contributed by atoms with Gasteiger partial charge in [0.15, 0.2) is 5.76 Å². The van der Waals surface area contributed by atoms with Crippen LogP contribution in [0, 0.1) is 0 Å². The van der Waals surface area contributed by atoms with Crippen LogP contribution in [-0.4, -0.2) is 52.9 Å². The van der Waals surface area contributed by atoms with Crippen molar-refractivity contribution in [1.29, 1.82) is 0 Å². The SMILES string of the molecule is O=C(c1ccco1)N1CCN(C(=O)c2cc3c(cc2O)CCCC3)CC1. The molecule has 2 amide bonds. The van der Waals surface area contributed by atoms with Crippen LogP contribution in [0.15, 0.2) is 34.9 Å². The van der Waals surface area contributed by atoms with Crippen molar-refractivity contribution < 1.29 is 19.1 Å². The van der Waals surface area contributed by atoms with Crippen molar-refractivity contribution >= 4 is 11.8 Å². The van der Waals surface area contributed by atoms with Crippen molar-refractivity contribution in [2.45, 2.75) is 25.7 Å². The van der Waals surface area contributed by atoms with E-state index in [1.165, 1.54) is 11.8 Å². The largest absolute Gasteiger partial charge is 0.507 e. The van der Waals surface area contributed by atoms with E-state index in [1.54, 1.807) is 28.0 Å². The van der Waals surface area contributed by atoms with Crippen LogP contribution in [0.2, 0.25) is 0 Å². The Balaban J connectivity index is 1.45. The molecule has 6 nitrogen and oxygen atoms in total. The molecule has 1 aliphatic heterocycles. The Morgan fingerprint density at radius 3 is 2.15 bits per heavy atom. The number of aryl methyl sites for hydroxylation is 2. The number of phenols is 1.